The number of rotatable bonds is 3. The lowest BCUT2D eigenvalue weighted by Crippen LogP contribution is -2.64. The number of alkyl halides is 2. The van der Waals surface area contributed by atoms with Crippen molar-refractivity contribution in [2.45, 2.75) is 58.2 Å². The number of carbonyl (C=O) groups is 3. The molecule has 0 bridgehead atoms. The highest BCUT2D eigenvalue weighted by molar-refractivity contribution is 5.68. The van der Waals surface area contributed by atoms with Crippen LogP contribution in [0.1, 0.15) is 27.7 Å². The van der Waals surface area contributed by atoms with Gasteiger partial charge in [-0.15, -0.1) is 0 Å². The normalized spacial score (nSPS) is 31.1. The van der Waals surface area contributed by atoms with E-state index in [1.165, 1.54) is 6.92 Å². The molecule has 1 fully saturated rings. The van der Waals surface area contributed by atoms with E-state index in [1.54, 1.807) is 0 Å². The summed E-state index contributed by atoms with van der Waals surface area (Å²) in [6.07, 6.45) is -6.94. The smallest absolute Gasteiger partial charge is 0.348 e. The van der Waals surface area contributed by atoms with Gasteiger partial charge in [-0.3, -0.25) is 14.4 Å². The first-order valence-electron chi connectivity index (χ1n) is 6.10. The SMILES string of the molecule is CC(=O)OC1O[C@@H](C)[C@@H](OC(C)=O)[C@@H](OC(C)=O)C1(F)F. The average molecular weight is 310 g/mol. The van der Waals surface area contributed by atoms with Crippen molar-refractivity contribution < 1.29 is 42.1 Å². The number of halogens is 2. The van der Waals surface area contributed by atoms with Crippen molar-refractivity contribution in [3.05, 3.63) is 0 Å². The van der Waals surface area contributed by atoms with Crippen molar-refractivity contribution in [2.24, 2.45) is 0 Å². The largest absolute Gasteiger partial charge is 0.456 e. The molecule has 0 saturated carbocycles. The lowest BCUT2D eigenvalue weighted by atomic mass is 9.98. The number of hydrogen-bond acceptors (Lipinski definition) is 7. The van der Waals surface area contributed by atoms with E-state index in [1.807, 2.05) is 0 Å². The van der Waals surface area contributed by atoms with E-state index in [9.17, 15) is 23.2 Å². The van der Waals surface area contributed by atoms with Gasteiger partial charge in [-0.05, 0) is 6.92 Å². The van der Waals surface area contributed by atoms with E-state index in [2.05, 4.69) is 9.47 Å². The molecule has 0 aliphatic carbocycles. The Morgan fingerprint density at radius 2 is 1.43 bits per heavy atom. The molecule has 1 aliphatic rings. The van der Waals surface area contributed by atoms with Gasteiger partial charge >= 0.3 is 23.8 Å². The van der Waals surface area contributed by atoms with E-state index in [0.29, 0.717) is 0 Å². The van der Waals surface area contributed by atoms with Gasteiger partial charge in [0, 0.05) is 20.8 Å². The van der Waals surface area contributed by atoms with Gasteiger partial charge < -0.3 is 18.9 Å². The van der Waals surface area contributed by atoms with Crippen LogP contribution in [0.2, 0.25) is 0 Å². The van der Waals surface area contributed by atoms with Crippen LogP contribution in [-0.4, -0.2) is 48.4 Å². The molecule has 4 atom stereocenters. The van der Waals surface area contributed by atoms with Crippen molar-refractivity contribution in [1.29, 1.82) is 0 Å². The highest BCUT2D eigenvalue weighted by Gasteiger charge is 2.62. The summed E-state index contributed by atoms with van der Waals surface area (Å²) in [5.74, 6) is -6.69. The number of ether oxygens (including phenoxy) is 4. The van der Waals surface area contributed by atoms with Crippen LogP contribution in [0.3, 0.4) is 0 Å². The molecule has 0 aromatic carbocycles. The van der Waals surface area contributed by atoms with Crippen molar-refractivity contribution in [3.63, 3.8) is 0 Å². The molecule has 0 spiro atoms. The van der Waals surface area contributed by atoms with Crippen LogP contribution >= 0.6 is 0 Å². The average Bonchev–Trinajstić information content (AvgIpc) is 2.29. The summed E-state index contributed by atoms with van der Waals surface area (Å²) >= 11 is 0. The summed E-state index contributed by atoms with van der Waals surface area (Å²) in [5, 5.41) is 0. The van der Waals surface area contributed by atoms with E-state index in [-0.39, 0.29) is 0 Å². The standard InChI is InChI=1S/C12H16F2O7/c1-5-9(19-6(2)15)10(20-7(3)16)12(13,14)11(18-5)21-8(4)17/h5,9-11H,1-4H3/t5-,9+,10+,11?/m0/s1. The van der Waals surface area contributed by atoms with Crippen molar-refractivity contribution >= 4 is 17.9 Å². The Morgan fingerprint density at radius 3 is 1.86 bits per heavy atom. The number of esters is 3. The Labute approximate surface area is 119 Å². The summed E-state index contributed by atoms with van der Waals surface area (Å²) in [4.78, 5) is 32.9. The predicted molar refractivity (Wildman–Crippen MR) is 62.2 cm³/mol. The maximum atomic E-state index is 14.3. The highest BCUT2D eigenvalue weighted by Crippen LogP contribution is 2.38. The van der Waals surface area contributed by atoms with Gasteiger partial charge in [-0.25, -0.2) is 0 Å². The first-order chi connectivity index (χ1) is 9.55. The summed E-state index contributed by atoms with van der Waals surface area (Å²) in [5.41, 5.74) is 0. The first-order valence-corrected chi connectivity index (χ1v) is 6.10. The molecular formula is C12H16F2O7. The fourth-order valence-corrected chi connectivity index (χ4v) is 1.89. The topological polar surface area (TPSA) is 88.1 Å². The van der Waals surface area contributed by atoms with Gasteiger partial charge in [0.05, 0.1) is 0 Å². The van der Waals surface area contributed by atoms with Crippen LogP contribution in [0.15, 0.2) is 0 Å². The molecule has 0 aromatic heterocycles. The molecule has 1 unspecified atom stereocenters. The molecule has 1 aliphatic heterocycles. The van der Waals surface area contributed by atoms with Crippen LogP contribution in [0, 0.1) is 0 Å². The Kier molecular flexibility index (Phi) is 5.21. The minimum atomic E-state index is -3.87. The molecule has 0 N–H and O–H groups in total. The predicted octanol–water partition coefficient (Wildman–Crippen LogP) is 0.793. The van der Waals surface area contributed by atoms with E-state index < -0.39 is 48.4 Å². The second-order valence-electron chi connectivity index (χ2n) is 4.56. The minimum Gasteiger partial charge on any atom is -0.456 e. The number of hydrogen-bond donors (Lipinski definition) is 0. The molecule has 0 radical (unpaired) electrons. The Bertz CT molecular complexity index is 437. The molecule has 1 rings (SSSR count). The van der Waals surface area contributed by atoms with E-state index >= 15 is 0 Å². The van der Waals surface area contributed by atoms with Crippen molar-refractivity contribution in [3.8, 4) is 0 Å². The summed E-state index contributed by atoms with van der Waals surface area (Å²) in [7, 11) is 0. The second kappa shape index (κ2) is 6.33. The lowest BCUT2D eigenvalue weighted by molar-refractivity contribution is -0.344. The van der Waals surface area contributed by atoms with Gasteiger partial charge in [0.2, 0.25) is 6.10 Å². The van der Waals surface area contributed by atoms with Crippen LogP contribution in [0.5, 0.6) is 0 Å². The maximum Gasteiger partial charge on any atom is 0.348 e. The van der Waals surface area contributed by atoms with Gasteiger partial charge in [-0.1, -0.05) is 0 Å². The van der Waals surface area contributed by atoms with Crippen LogP contribution in [-0.2, 0) is 33.3 Å². The van der Waals surface area contributed by atoms with Crippen molar-refractivity contribution in [1.82, 2.24) is 0 Å². The molecule has 9 heteroatoms. The quantitative estimate of drug-likeness (QED) is 0.562. The van der Waals surface area contributed by atoms with Crippen LogP contribution < -0.4 is 0 Å². The fraction of sp³-hybridized carbons (Fsp3) is 0.750. The van der Waals surface area contributed by atoms with E-state index in [4.69, 9.17) is 9.47 Å². The summed E-state index contributed by atoms with van der Waals surface area (Å²) < 4.78 is 47.1. The van der Waals surface area contributed by atoms with Gasteiger partial charge in [0.25, 0.3) is 6.29 Å². The maximum absolute atomic E-state index is 14.3. The zero-order valence-corrected chi connectivity index (χ0v) is 11.9. The molecule has 1 heterocycles. The summed E-state index contributed by atoms with van der Waals surface area (Å²) in [6, 6.07) is 0. The Hall–Kier alpha value is -1.77. The van der Waals surface area contributed by atoms with Crippen molar-refractivity contribution in [2.75, 3.05) is 0 Å². The zero-order valence-electron chi connectivity index (χ0n) is 11.9. The molecular weight excluding hydrogens is 294 g/mol. The first kappa shape index (κ1) is 17.3. The molecule has 7 nitrogen and oxygen atoms in total. The lowest BCUT2D eigenvalue weighted by Gasteiger charge is -2.43. The van der Waals surface area contributed by atoms with Gasteiger partial charge in [0.1, 0.15) is 6.10 Å². The molecule has 1 saturated heterocycles. The Morgan fingerprint density at radius 1 is 0.952 bits per heavy atom. The molecule has 120 valence electrons. The zero-order chi connectivity index (χ0) is 16.4. The van der Waals surface area contributed by atoms with Crippen LogP contribution in [0.25, 0.3) is 0 Å². The summed E-state index contributed by atoms with van der Waals surface area (Å²) in [6.45, 7) is 4.22. The van der Waals surface area contributed by atoms with E-state index in [0.717, 1.165) is 20.8 Å². The second-order valence-corrected chi connectivity index (χ2v) is 4.56. The molecule has 0 aromatic rings. The molecule has 0 amide bonds. The van der Waals surface area contributed by atoms with Gasteiger partial charge in [-0.2, -0.15) is 8.78 Å². The van der Waals surface area contributed by atoms with Crippen LogP contribution in [0.4, 0.5) is 8.78 Å². The third-order valence-corrected chi connectivity index (χ3v) is 2.66. The fourth-order valence-electron chi connectivity index (χ4n) is 1.89. The third-order valence-electron chi connectivity index (χ3n) is 2.66. The Balaban J connectivity index is 3.10. The third kappa shape index (κ3) is 4.10. The number of carbonyl (C=O) groups excluding carboxylic acids is 3. The highest BCUT2D eigenvalue weighted by atomic mass is 19.3. The molecule has 21 heavy (non-hydrogen) atoms. The van der Waals surface area contributed by atoms with Gasteiger partial charge in [0.15, 0.2) is 6.10 Å². The monoisotopic (exact) mass is 310 g/mol. The minimum absolute atomic E-state index is 0.839.